The Bertz CT molecular complexity index is 1260. The van der Waals surface area contributed by atoms with Gasteiger partial charge in [0.15, 0.2) is 0 Å². The molecule has 2 aromatic heterocycles. The number of nitrogens with zero attached hydrogens (tertiary/aromatic N) is 4. The van der Waals surface area contributed by atoms with E-state index in [-0.39, 0.29) is 23.5 Å². The van der Waals surface area contributed by atoms with Gasteiger partial charge in [0.25, 0.3) is 0 Å². The third-order valence-electron chi connectivity index (χ3n) is 6.24. The number of rotatable bonds is 5. The van der Waals surface area contributed by atoms with Gasteiger partial charge in [0.1, 0.15) is 5.82 Å². The van der Waals surface area contributed by atoms with Crippen LogP contribution in [0.1, 0.15) is 24.3 Å². The Balaban J connectivity index is 1.25. The third-order valence-corrected chi connectivity index (χ3v) is 6.24. The van der Waals surface area contributed by atoms with Crippen LogP contribution < -0.4 is 0 Å². The fourth-order valence-electron chi connectivity index (χ4n) is 4.64. The quantitative estimate of drug-likeness (QED) is 0.469. The summed E-state index contributed by atoms with van der Waals surface area (Å²) in [5, 5.41) is 5.07. The highest BCUT2D eigenvalue weighted by Gasteiger charge is 2.26. The highest BCUT2D eigenvalue weighted by molar-refractivity contribution is 5.89. The van der Waals surface area contributed by atoms with E-state index in [4.69, 9.17) is 4.52 Å². The van der Waals surface area contributed by atoms with Crippen LogP contribution in [-0.4, -0.2) is 38.6 Å². The van der Waals surface area contributed by atoms with E-state index in [9.17, 15) is 9.18 Å². The van der Waals surface area contributed by atoms with Crippen LogP contribution in [0.15, 0.2) is 59.3 Å². The summed E-state index contributed by atoms with van der Waals surface area (Å²) in [7, 11) is 2.01. The lowest BCUT2D eigenvalue weighted by atomic mass is 9.94. The molecule has 0 aliphatic carbocycles. The lowest BCUT2D eigenvalue weighted by Gasteiger charge is -2.32. The van der Waals surface area contributed by atoms with Crippen molar-refractivity contribution in [3.05, 3.63) is 72.0 Å². The molecule has 32 heavy (non-hydrogen) atoms. The van der Waals surface area contributed by atoms with Gasteiger partial charge in [-0.05, 0) is 42.5 Å². The van der Waals surface area contributed by atoms with E-state index in [0.717, 1.165) is 35.9 Å². The van der Waals surface area contributed by atoms with Gasteiger partial charge in [0.05, 0.1) is 12.0 Å². The molecule has 6 nitrogen and oxygen atoms in total. The molecule has 3 heterocycles. The Morgan fingerprint density at radius 2 is 2.00 bits per heavy atom. The summed E-state index contributed by atoms with van der Waals surface area (Å²) in [6.07, 6.45) is 4.97. The fourth-order valence-corrected chi connectivity index (χ4v) is 4.64. The first-order chi connectivity index (χ1) is 15.6. The van der Waals surface area contributed by atoms with Gasteiger partial charge in [0.2, 0.25) is 17.6 Å². The van der Waals surface area contributed by atoms with E-state index in [1.165, 1.54) is 6.07 Å². The predicted octanol–water partition coefficient (Wildman–Crippen LogP) is 4.39. The largest absolute Gasteiger partial charge is 0.350 e. The number of benzene rings is 2. The minimum atomic E-state index is -0.372. The smallest absolute Gasteiger partial charge is 0.227 e. The lowest BCUT2D eigenvalue weighted by Crippen LogP contribution is -2.41. The number of carbonyl (C=O) groups is 1. The monoisotopic (exact) mass is 432 g/mol. The van der Waals surface area contributed by atoms with E-state index < -0.39 is 0 Å². The molecule has 0 radical (unpaired) electrons. The van der Waals surface area contributed by atoms with Crippen molar-refractivity contribution >= 4 is 16.8 Å². The number of hydrogen-bond donors (Lipinski definition) is 0. The van der Waals surface area contributed by atoms with Crippen molar-refractivity contribution in [2.45, 2.75) is 25.7 Å². The number of fused-ring (bicyclic) bond motifs is 1. The molecule has 1 atom stereocenters. The topological polar surface area (TPSA) is 64.2 Å². The Kier molecular flexibility index (Phi) is 5.47. The van der Waals surface area contributed by atoms with E-state index >= 15 is 0 Å². The molecule has 4 aromatic rings. The Hall–Kier alpha value is -3.48. The minimum Gasteiger partial charge on any atom is -0.350 e. The zero-order valence-corrected chi connectivity index (χ0v) is 18.0. The fraction of sp³-hybridized carbons (Fsp3) is 0.320. The minimum absolute atomic E-state index is 0.142. The maximum atomic E-state index is 14.0. The molecule has 0 spiro atoms. The van der Waals surface area contributed by atoms with Crippen LogP contribution in [0.4, 0.5) is 4.39 Å². The Morgan fingerprint density at radius 1 is 1.19 bits per heavy atom. The van der Waals surface area contributed by atoms with Crippen LogP contribution in [0.25, 0.3) is 22.3 Å². The van der Waals surface area contributed by atoms with E-state index in [0.29, 0.717) is 30.8 Å². The number of hydrogen-bond acceptors (Lipinski definition) is 4. The molecule has 1 saturated heterocycles. The third kappa shape index (κ3) is 4.02. The summed E-state index contributed by atoms with van der Waals surface area (Å²) in [6, 6.07) is 14.6. The molecule has 1 fully saturated rings. The van der Waals surface area contributed by atoms with E-state index in [2.05, 4.69) is 26.8 Å². The van der Waals surface area contributed by atoms with E-state index in [1.54, 1.807) is 18.2 Å². The number of para-hydroxylation sites is 1. The summed E-state index contributed by atoms with van der Waals surface area (Å²) in [4.78, 5) is 19.4. The maximum Gasteiger partial charge on any atom is 0.227 e. The summed E-state index contributed by atoms with van der Waals surface area (Å²) in [5.41, 5.74) is 2.52. The molecular formula is C25H25FN4O2. The van der Waals surface area contributed by atoms with Gasteiger partial charge in [-0.25, -0.2) is 4.39 Å². The maximum absolute atomic E-state index is 14.0. The molecule has 0 unspecified atom stereocenters. The molecule has 0 N–H and O–H groups in total. The van der Waals surface area contributed by atoms with Gasteiger partial charge in [-0.15, -0.1) is 0 Å². The van der Waals surface area contributed by atoms with Gasteiger partial charge < -0.3 is 14.0 Å². The van der Waals surface area contributed by atoms with Crippen LogP contribution in [0.5, 0.6) is 0 Å². The second kappa shape index (κ2) is 8.57. The zero-order valence-electron chi connectivity index (χ0n) is 18.0. The Labute approximate surface area is 185 Å². The average Bonchev–Trinajstić information content (AvgIpc) is 3.39. The molecule has 1 aliphatic heterocycles. The van der Waals surface area contributed by atoms with Crippen molar-refractivity contribution in [3.8, 4) is 11.4 Å². The first kappa shape index (κ1) is 20.4. The number of piperidine rings is 1. The van der Waals surface area contributed by atoms with Crippen LogP contribution in [0.2, 0.25) is 0 Å². The van der Waals surface area contributed by atoms with E-state index in [1.807, 2.05) is 30.3 Å². The van der Waals surface area contributed by atoms with Crippen molar-refractivity contribution < 1.29 is 13.7 Å². The number of aryl methyl sites for hydroxylation is 1. The number of carbonyl (C=O) groups excluding carboxylic acids is 1. The SMILES string of the molecule is Cn1cc(CC(=O)N2CCC[C@H](Cc3nc(-c4ccccc4F)no3)C2)c2ccccc21. The molecule has 1 amide bonds. The number of halogens is 1. The first-order valence-electron chi connectivity index (χ1n) is 11.0. The van der Waals surface area contributed by atoms with Crippen LogP contribution in [0.3, 0.4) is 0 Å². The van der Waals surface area contributed by atoms with Crippen LogP contribution in [0, 0.1) is 11.7 Å². The number of likely N-dealkylation sites (tertiary alicyclic amines) is 1. The highest BCUT2D eigenvalue weighted by atomic mass is 19.1. The number of amides is 1. The summed E-state index contributed by atoms with van der Waals surface area (Å²) < 4.78 is 21.4. The molecule has 164 valence electrons. The first-order valence-corrected chi connectivity index (χ1v) is 11.0. The van der Waals surface area contributed by atoms with Crippen LogP contribution in [-0.2, 0) is 24.7 Å². The molecule has 2 aromatic carbocycles. The van der Waals surface area contributed by atoms with Crippen molar-refractivity contribution in [2.24, 2.45) is 13.0 Å². The van der Waals surface area contributed by atoms with Gasteiger partial charge >= 0.3 is 0 Å². The van der Waals surface area contributed by atoms with Gasteiger partial charge in [0, 0.05) is 43.7 Å². The van der Waals surface area contributed by atoms with Crippen LogP contribution >= 0.6 is 0 Å². The van der Waals surface area contributed by atoms with Crippen molar-refractivity contribution in [1.82, 2.24) is 19.6 Å². The molecule has 7 heteroatoms. The van der Waals surface area contributed by atoms with Gasteiger partial charge in [-0.1, -0.05) is 35.5 Å². The Morgan fingerprint density at radius 3 is 2.88 bits per heavy atom. The van der Waals surface area contributed by atoms with Gasteiger partial charge in [-0.3, -0.25) is 4.79 Å². The second-order valence-electron chi connectivity index (χ2n) is 8.50. The van der Waals surface area contributed by atoms with Crippen molar-refractivity contribution in [1.29, 1.82) is 0 Å². The molecule has 1 aliphatic rings. The standard InChI is InChI=1S/C25H25FN4O2/c1-29-16-18(19-8-3-5-11-22(19)29)14-24(31)30-12-6-7-17(15-30)13-23-27-25(28-32-23)20-9-2-4-10-21(20)26/h2-5,8-11,16-17H,6-7,12-15H2,1H3/t17-/m1/s1. The zero-order chi connectivity index (χ0) is 22.1. The summed E-state index contributed by atoms with van der Waals surface area (Å²) in [5.74, 6) is 0.759. The van der Waals surface area contributed by atoms with Gasteiger partial charge in [-0.2, -0.15) is 4.98 Å². The normalized spacial score (nSPS) is 16.6. The highest BCUT2D eigenvalue weighted by Crippen LogP contribution is 2.25. The second-order valence-corrected chi connectivity index (χ2v) is 8.50. The lowest BCUT2D eigenvalue weighted by molar-refractivity contribution is -0.132. The number of aromatic nitrogens is 3. The average molecular weight is 432 g/mol. The van der Waals surface area contributed by atoms with Crippen molar-refractivity contribution in [3.63, 3.8) is 0 Å². The molecular weight excluding hydrogens is 407 g/mol. The van der Waals surface area contributed by atoms with Crippen molar-refractivity contribution in [2.75, 3.05) is 13.1 Å². The molecule has 0 saturated carbocycles. The molecule has 0 bridgehead atoms. The summed E-state index contributed by atoms with van der Waals surface area (Å²) in [6.45, 7) is 1.44. The predicted molar refractivity (Wildman–Crippen MR) is 119 cm³/mol. The summed E-state index contributed by atoms with van der Waals surface area (Å²) >= 11 is 0. The molecule has 5 rings (SSSR count).